The number of fused-ring (bicyclic) bond motifs is 3. The molecule has 20 heavy (non-hydrogen) atoms. The first-order chi connectivity index (χ1) is 9.79. The van der Waals surface area contributed by atoms with E-state index in [1.165, 1.54) is 0 Å². The van der Waals surface area contributed by atoms with Gasteiger partial charge in [-0.05, 0) is 24.1 Å². The molecule has 2 N–H and O–H groups in total. The van der Waals surface area contributed by atoms with Crippen LogP contribution >= 0.6 is 0 Å². The number of rotatable bonds is 3. The molecule has 0 unspecified atom stereocenters. The minimum absolute atomic E-state index is 0.489. The van der Waals surface area contributed by atoms with Crippen LogP contribution in [0.3, 0.4) is 0 Å². The molecule has 0 bridgehead atoms. The van der Waals surface area contributed by atoms with Crippen LogP contribution in [0.15, 0.2) is 42.6 Å². The van der Waals surface area contributed by atoms with Crippen molar-refractivity contribution < 1.29 is 0 Å². The Kier molecular flexibility index (Phi) is 3.33. The van der Waals surface area contributed by atoms with Gasteiger partial charge in [0.05, 0.1) is 5.52 Å². The average molecular weight is 263 g/mol. The maximum atomic E-state index is 6.00. The van der Waals surface area contributed by atoms with E-state index in [9.17, 15) is 0 Å². The molecular weight excluding hydrogens is 246 g/mol. The van der Waals surface area contributed by atoms with Crippen LogP contribution in [-0.2, 0) is 0 Å². The van der Waals surface area contributed by atoms with Crippen LogP contribution in [0.2, 0.25) is 0 Å². The molecule has 3 nitrogen and oxygen atoms in total. The zero-order valence-electron chi connectivity index (χ0n) is 11.5. The van der Waals surface area contributed by atoms with Gasteiger partial charge in [0.15, 0.2) is 5.82 Å². The summed E-state index contributed by atoms with van der Waals surface area (Å²) in [5.74, 6) is 0.489. The highest BCUT2D eigenvalue weighted by atomic mass is 14.9. The van der Waals surface area contributed by atoms with Gasteiger partial charge in [-0.3, -0.25) is 4.98 Å². The first kappa shape index (κ1) is 12.6. The summed E-state index contributed by atoms with van der Waals surface area (Å²) in [6.45, 7) is 2.17. The van der Waals surface area contributed by atoms with Crippen molar-refractivity contribution in [2.75, 3.05) is 5.73 Å². The predicted octanol–water partition coefficient (Wildman–Crippen LogP) is 4.18. The van der Waals surface area contributed by atoms with Crippen LogP contribution in [0.5, 0.6) is 0 Å². The van der Waals surface area contributed by atoms with E-state index >= 15 is 0 Å². The van der Waals surface area contributed by atoms with E-state index in [2.05, 4.69) is 47.2 Å². The van der Waals surface area contributed by atoms with Gasteiger partial charge in [0.25, 0.3) is 0 Å². The summed E-state index contributed by atoms with van der Waals surface area (Å²) >= 11 is 0. The molecule has 3 heteroatoms. The zero-order valence-corrected chi connectivity index (χ0v) is 11.5. The van der Waals surface area contributed by atoms with Crippen LogP contribution in [0.25, 0.3) is 27.9 Å². The number of hydrogen-bond donors (Lipinski definition) is 1. The molecular formula is C17H17N3. The number of nitrogen functional groups attached to an aromatic ring is 1. The highest BCUT2D eigenvalue weighted by Gasteiger charge is 2.06. The molecule has 0 radical (unpaired) electrons. The van der Waals surface area contributed by atoms with Gasteiger partial charge in [-0.25, -0.2) is 4.98 Å². The van der Waals surface area contributed by atoms with E-state index in [-0.39, 0.29) is 0 Å². The third-order valence-corrected chi connectivity index (χ3v) is 3.37. The van der Waals surface area contributed by atoms with Gasteiger partial charge in [0.2, 0.25) is 0 Å². The van der Waals surface area contributed by atoms with Crippen molar-refractivity contribution >= 4 is 33.7 Å². The number of allylic oxidation sites excluding steroid dienone is 1. The van der Waals surface area contributed by atoms with Crippen LogP contribution in [0.4, 0.5) is 5.82 Å². The average Bonchev–Trinajstić information content (AvgIpc) is 2.48. The second kappa shape index (κ2) is 5.29. The SMILES string of the molecule is CCC/C=C/c1ccc2c(c1)nc(N)c1ncccc12. The molecule has 3 rings (SSSR count). The van der Waals surface area contributed by atoms with Gasteiger partial charge < -0.3 is 5.73 Å². The largest absolute Gasteiger partial charge is 0.382 e. The van der Waals surface area contributed by atoms with Crippen LogP contribution in [0.1, 0.15) is 25.3 Å². The zero-order chi connectivity index (χ0) is 13.9. The highest BCUT2D eigenvalue weighted by molar-refractivity contribution is 6.08. The van der Waals surface area contributed by atoms with Crippen molar-refractivity contribution in [2.24, 2.45) is 0 Å². The summed E-state index contributed by atoms with van der Waals surface area (Å²) in [4.78, 5) is 8.79. The van der Waals surface area contributed by atoms with Gasteiger partial charge in [-0.1, -0.05) is 43.7 Å². The molecule has 2 heterocycles. The van der Waals surface area contributed by atoms with Crippen molar-refractivity contribution in [3.63, 3.8) is 0 Å². The Morgan fingerprint density at radius 1 is 1.20 bits per heavy atom. The molecule has 0 aliphatic carbocycles. The van der Waals surface area contributed by atoms with Crippen molar-refractivity contribution in [2.45, 2.75) is 19.8 Å². The number of nitrogens with two attached hydrogens (primary N) is 1. The first-order valence-corrected chi connectivity index (χ1v) is 6.90. The third-order valence-electron chi connectivity index (χ3n) is 3.37. The fourth-order valence-electron chi connectivity index (χ4n) is 2.37. The van der Waals surface area contributed by atoms with Crippen molar-refractivity contribution in [1.29, 1.82) is 0 Å². The lowest BCUT2D eigenvalue weighted by atomic mass is 10.1. The number of hydrogen-bond acceptors (Lipinski definition) is 3. The maximum Gasteiger partial charge on any atom is 0.150 e. The Hall–Kier alpha value is -2.42. The summed E-state index contributed by atoms with van der Waals surface area (Å²) in [7, 11) is 0. The summed E-state index contributed by atoms with van der Waals surface area (Å²) in [5.41, 5.74) is 8.85. The molecule has 2 aromatic heterocycles. The van der Waals surface area contributed by atoms with E-state index in [0.29, 0.717) is 5.82 Å². The summed E-state index contributed by atoms with van der Waals surface area (Å²) in [5, 5.41) is 2.15. The first-order valence-electron chi connectivity index (χ1n) is 6.90. The van der Waals surface area contributed by atoms with E-state index in [0.717, 1.165) is 40.2 Å². The fraction of sp³-hybridized carbons (Fsp3) is 0.176. The van der Waals surface area contributed by atoms with Gasteiger partial charge in [0.1, 0.15) is 5.52 Å². The molecule has 3 aromatic rings. The molecule has 0 saturated heterocycles. The molecule has 1 aromatic carbocycles. The minimum Gasteiger partial charge on any atom is -0.382 e. The fourth-order valence-corrected chi connectivity index (χ4v) is 2.37. The molecule has 100 valence electrons. The molecule has 0 amide bonds. The van der Waals surface area contributed by atoms with E-state index in [1.807, 2.05) is 12.1 Å². The lowest BCUT2D eigenvalue weighted by Gasteiger charge is -2.06. The Morgan fingerprint density at radius 3 is 2.95 bits per heavy atom. The van der Waals surface area contributed by atoms with E-state index in [1.54, 1.807) is 6.20 Å². The lowest BCUT2D eigenvalue weighted by molar-refractivity contribution is 0.962. The van der Waals surface area contributed by atoms with Crippen LogP contribution < -0.4 is 5.73 Å². The number of nitrogens with zero attached hydrogens (tertiary/aromatic N) is 2. The summed E-state index contributed by atoms with van der Waals surface area (Å²) < 4.78 is 0. The van der Waals surface area contributed by atoms with Crippen LogP contribution in [0, 0.1) is 0 Å². The standard InChI is InChI=1S/C17H17N3/c1-2-3-4-6-12-8-9-13-14-7-5-10-19-16(14)17(18)20-15(13)11-12/h4-11H,2-3H2,1H3,(H2,18,20)/b6-4+. The molecule has 0 atom stereocenters. The van der Waals surface area contributed by atoms with Gasteiger partial charge in [-0.15, -0.1) is 0 Å². The Morgan fingerprint density at radius 2 is 2.10 bits per heavy atom. The van der Waals surface area contributed by atoms with Gasteiger partial charge in [0, 0.05) is 17.0 Å². The number of unbranched alkanes of at least 4 members (excludes halogenated alkanes) is 1. The Labute approximate surface area is 118 Å². The quantitative estimate of drug-likeness (QED) is 0.721. The summed E-state index contributed by atoms with van der Waals surface area (Å²) in [6, 6.07) is 10.2. The smallest absolute Gasteiger partial charge is 0.150 e. The Bertz CT molecular complexity index is 791. The minimum atomic E-state index is 0.489. The topological polar surface area (TPSA) is 51.8 Å². The highest BCUT2D eigenvalue weighted by Crippen LogP contribution is 2.27. The molecule has 0 spiro atoms. The predicted molar refractivity (Wildman–Crippen MR) is 85.4 cm³/mol. The van der Waals surface area contributed by atoms with Gasteiger partial charge >= 0.3 is 0 Å². The maximum absolute atomic E-state index is 6.00. The monoisotopic (exact) mass is 263 g/mol. The van der Waals surface area contributed by atoms with E-state index < -0.39 is 0 Å². The molecule has 0 aliphatic rings. The second-order valence-corrected chi connectivity index (χ2v) is 4.86. The molecule has 0 fully saturated rings. The second-order valence-electron chi connectivity index (χ2n) is 4.86. The normalized spacial score (nSPS) is 11.7. The Balaban J connectivity index is 2.18. The number of benzene rings is 1. The number of pyridine rings is 2. The number of aromatic nitrogens is 2. The molecule has 0 aliphatic heterocycles. The van der Waals surface area contributed by atoms with Crippen molar-refractivity contribution in [3.8, 4) is 0 Å². The van der Waals surface area contributed by atoms with Crippen LogP contribution in [-0.4, -0.2) is 9.97 Å². The van der Waals surface area contributed by atoms with Crippen molar-refractivity contribution in [3.05, 3.63) is 48.2 Å². The molecule has 0 saturated carbocycles. The van der Waals surface area contributed by atoms with E-state index in [4.69, 9.17) is 5.73 Å². The summed E-state index contributed by atoms with van der Waals surface area (Å²) in [6.07, 6.45) is 8.32. The van der Waals surface area contributed by atoms with Crippen molar-refractivity contribution in [1.82, 2.24) is 9.97 Å². The third kappa shape index (κ3) is 2.23. The van der Waals surface area contributed by atoms with Gasteiger partial charge in [-0.2, -0.15) is 0 Å². The lowest BCUT2D eigenvalue weighted by Crippen LogP contribution is -1.95. The number of anilines is 1.